The van der Waals surface area contributed by atoms with E-state index in [1.165, 1.54) is 0 Å². The Hall–Kier alpha value is -4.69. The van der Waals surface area contributed by atoms with Gasteiger partial charge in [0.05, 0.1) is 0 Å². The lowest BCUT2D eigenvalue weighted by Crippen LogP contribution is -2.32. The molecule has 1 atom stereocenters. The van der Waals surface area contributed by atoms with Crippen molar-refractivity contribution in [2.45, 2.75) is 5.60 Å². The van der Waals surface area contributed by atoms with Crippen molar-refractivity contribution in [2.75, 3.05) is 0 Å². The van der Waals surface area contributed by atoms with Gasteiger partial charge in [0.25, 0.3) is 0 Å². The molecule has 8 rings (SSSR count). The lowest BCUT2D eigenvalue weighted by atomic mass is 9.69. The van der Waals surface area contributed by atoms with Crippen molar-refractivity contribution in [3.8, 4) is 33.4 Å². The Kier molecular flexibility index (Phi) is 5.40. The van der Waals surface area contributed by atoms with Crippen LogP contribution in [0.25, 0.3) is 54.9 Å². The minimum Gasteiger partial charge on any atom is -0.376 e. The van der Waals surface area contributed by atoms with E-state index in [-0.39, 0.29) is 0 Å². The minimum atomic E-state index is -1.37. The van der Waals surface area contributed by atoms with Crippen LogP contribution in [0.1, 0.15) is 16.7 Å². The zero-order valence-electron chi connectivity index (χ0n) is 22.2. The highest BCUT2D eigenvalue weighted by Gasteiger charge is 2.42. The molecule has 1 nitrogen and oxygen atoms in total. The van der Waals surface area contributed by atoms with Gasteiger partial charge in [-0.15, -0.1) is 0 Å². The van der Waals surface area contributed by atoms with Gasteiger partial charge in [-0.3, -0.25) is 0 Å². The minimum absolute atomic E-state index is 0.701. The number of hydrogen-bond donors (Lipinski definition) is 1. The summed E-state index contributed by atoms with van der Waals surface area (Å²) >= 11 is 6.26. The summed E-state index contributed by atoms with van der Waals surface area (Å²) in [6, 6.07) is 50.1. The first kappa shape index (κ1) is 24.1. The molecular formula is C39H25ClO. The maximum Gasteiger partial charge on any atom is 0.142 e. The lowest BCUT2D eigenvalue weighted by Gasteiger charge is -2.38. The van der Waals surface area contributed by atoms with Crippen LogP contribution in [0.2, 0.25) is 5.02 Å². The standard InChI is InChI=1S/C39H25ClO/c40-28-21-19-26(20-22-28)30-14-6-11-27-12-7-17-35(37(27)30)39(41)34-16-5-4-13-31(34)33-24-23-29(25-9-2-1-3-10-25)32-15-8-18-36(39)38(32)33/h1-24,41H. The first-order valence-corrected chi connectivity index (χ1v) is 14.2. The summed E-state index contributed by atoms with van der Waals surface area (Å²) in [4.78, 5) is 0. The van der Waals surface area contributed by atoms with Crippen LogP contribution in [0.4, 0.5) is 0 Å². The summed E-state index contributed by atoms with van der Waals surface area (Å²) in [5, 5.41) is 18.4. The molecular weight excluding hydrogens is 520 g/mol. The zero-order valence-corrected chi connectivity index (χ0v) is 22.9. The van der Waals surface area contributed by atoms with E-state index in [9.17, 15) is 5.11 Å². The van der Waals surface area contributed by atoms with Gasteiger partial charge in [-0.2, -0.15) is 0 Å². The molecule has 41 heavy (non-hydrogen) atoms. The summed E-state index contributed by atoms with van der Waals surface area (Å²) in [7, 11) is 0. The van der Waals surface area contributed by atoms with Crippen LogP contribution in [-0.2, 0) is 5.60 Å². The third-order valence-corrected chi connectivity index (χ3v) is 8.82. The Labute approximate surface area is 243 Å². The van der Waals surface area contributed by atoms with Crippen molar-refractivity contribution < 1.29 is 5.11 Å². The Bertz CT molecular complexity index is 2110. The van der Waals surface area contributed by atoms with Crippen LogP contribution in [0.5, 0.6) is 0 Å². The molecule has 0 spiro atoms. The highest BCUT2D eigenvalue weighted by molar-refractivity contribution is 6.30. The maximum atomic E-state index is 13.3. The van der Waals surface area contributed by atoms with E-state index in [1.807, 2.05) is 24.3 Å². The van der Waals surface area contributed by atoms with Crippen LogP contribution in [0.15, 0.2) is 146 Å². The molecule has 1 unspecified atom stereocenters. The fraction of sp³-hybridized carbons (Fsp3) is 0.0256. The quantitative estimate of drug-likeness (QED) is 0.234. The molecule has 1 N–H and O–H groups in total. The van der Waals surface area contributed by atoms with Gasteiger partial charge >= 0.3 is 0 Å². The summed E-state index contributed by atoms with van der Waals surface area (Å²) < 4.78 is 0. The molecule has 0 saturated carbocycles. The number of aliphatic hydroxyl groups is 1. The largest absolute Gasteiger partial charge is 0.376 e. The second-order valence-electron chi connectivity index (χ2n) is 10.7. The fourth-order valence-corrected chi connectivity index (χ4v) is 6.91. The Morgan fingerprint density at radius 2 is 1.00 bits per heavy atom. The Morgan fingerprint density at radius 3 is 1.80 bits per heavy atom. The molecule has 0 bridgehead atoms. The highest BCUT2D eigenvalue weighted by atomic mass is 35.5. The summed E-state index contributed by atoms with van der Waals surface area (Å²) in [6.45, 7) is 0. The SMILES string of the molecule is OC1(c2cccc3cccc(-c4ccc(Cl)cc4)c23)c2ccccc2-c2ccc(-c3ccccc3)c3cccc1c23. The third-order valence-electron chi connectivity index (χ3n) is 8.57. The number of hydrogen-bond acceptors (Lipinski definition) is 1. The molecule has 0 radical (unpaired) electrons. The van der Waals surface area contributed by atoms with Gasteiger partial charge in [-0.1, -0.05) is 145 Å². The van der Waals surface area contributed by atoms with Gasteiger partial charge in [0, 0.05) is 21.7 Å². The Morgan fingerprint density at radius 1 is 0.415 bits per heavy atom. The van der Waals surface area contributed by atoms with E-state index in [0.717, 1.165) is 71.6 Å². The predicted octanol–water partition coefficient (Wildman–Crippen LogP) is 10.2. The van der Waals surface area contributed by atoms with Gasteiger partial charge in [0.1, 0.15) is 5.60 Å². The van der Waals surface area contributed by atoms with Crippen LogP contribution in [-0.4, -0.2) is 5.11 Å². The summed E-state index contributed by atoms with van der Waals surface area (Å²) in [5.41, 5.74) is 7.94. The number of rotatable bonds is 3. The fourth-order valence-electron chi connectivity index (χ4n) is 6.78. The van der Waals surface area contributed by atoms with E-state index in [2.05, 4.69) is 121 Å². The number of fused-ring (bicyclic) bond motifs is 3. The first-order chi connectivity index (χ1) is 20.1. The molecule has 7 aromatic rings. The van der Waals surface area contributed by atoms with E-state index in [1.54, 1.807) is 0 Å². The third kappa shape index (κ3) is 3.53. The zero-order chi connectivity index (χ0) is 27.6. The van der Waals surface area contributed by atoms with Crippen LogP contribution < -0.4 is 0 Å². The van der Waals surface area contributed by atoms with Gasteiger partial charge in [-0.05, 0) is 67.1 Å². The van der Waals surface area contributed by atoms with Gasteiger partial charge in [0.15, 0.2) is 0 Å². The maximum absolute atomic E-state index is 13.3. The average Bonchev–Trinajstić information content (AvgIpc) is 3.03. The molecule has 1 aliphatic carbocycles. The van der Waals surface area contributed by atoms with Crippen molar-refractivity contribution in [1.82, 2.24) is 0 Å². The molecule has 0 saturated heterocycles. The van der Waals surface area contributed by atoms with Crippen molar-refractivity contribution in [3.63, 3.8) is 0 Å². The van der Waals surface area contributed by atoms with Crippen molar-refractivity contribution in [2.24, 2.45) is 0 Å². The second-order valence-corrected chi connectivity index (χ2v) is 11.2. The Balaban J connectivity index is 1.51. The van der Waals surface area contributed by atoms with Crippen molar-refractivity contribution in [3.05, 3.63) is 167 Å². The topological polar surface area (TPSA) is 20.2 Å². The smallest absolute Gasteiger partial charge is 0.142 e. The van der Waals surface area contributed by atoms with Gasteiger partial charge in [-0.25, -0.2) is 0 Å². The predicted molar refractivity (Wildman–Crippen MR) is 171 cm³/mol. The van der Waals surface area contributed by atoms with E-state index >= 15 is 0 Å². The van der Waals surface area contributed by atoms with Crippen molar-refractivity contribution in [1.29, 1.82) is 0 Å². The van der Waals surface area contributed by atoms with E-state index in [4.69, 9.17) is 11.6 Å². The highest BCUT2D eigenvalue weighted by Crippen LogP contribution is 2.53. The monoisotopic (exact) mass is 544 g/mol. The molecule has 0 amide bonds. The molecule has 0 aliphatic heterocycles. The molecule has 2 heteroatoms. The molecule has 7 aromatic carbocycles. The van der Waals surface area contributed by atoms with Crippen molar-refractivity contribution >= 4 is 33.1 Å². The molecule has 0 fully saturated rings. The van der Waals surface area contributed by atoms with Gasteiger partial charge in [0.2, 0.25) is 0 Å². The van der Waals surface area contributed by atoms with Gasteiger partial charge < -0.3 is 5.11 Å². The van der Waals surface area contributed by atoms with Crippen LogP contribution in [0.3, 0.4) is 0 Å². The molecule has 0 aromatic heterocycles. The first-order valence-electron chi connectivity index (χ1n) is 13.9. The average molecular weight is 545 g/mol. The van der Waals surface area contributed by atoms with E-state index in [0.29, 0.717) is 5.02 Å². The van der Waals surface area contributed by atoms with E-state index < -0.39 is 5.60 Å². The molecule has 0 heterocycles. The molecule has 194 valence electrons. The summed E-state index contributed by atoms with van der Waals surface area (Å²) in [5.74, 6) is 0. The normalized spacial score (nSPS) is 15.7. The lowest BCUT2D eigenvalue weighted by molar-refractivity contribution is 0.129. The van der Waals surface area contributed by atoms with Crippen LogP contribution in [0, 0.1) is 0 Å². The molecule has 1 aliphatic rings. The number of benzene rings is 7. The van der Waals surface area contributed by atoms with Crippen LogP contribution >= 0.6 is 11.6 Å². The summed E-state index contributed by atoms with van der Waals surface area (Å²) in [6.07, 6.45) is 0. The second kappa shape index (κ2) is 9.17. The number of halogens is 1.